The Morgan fingerprint density at radius 2 is 2.24 bits per heavy atom. The molecule has 0 aliphatic rings. The molecular formula is C10H11N5O2. The lowest BCUT2D eigenvalue weighted by Gasteiger charge is -2.04. The third kappa shape index (κ3) is 2.07. The average molecular weight is 233 g/mol. The highest BCUT2D eigenvalue weighted by molar-refractivity contribution is 5.62. The SMILES string of the molecule is CNc1cc([N+](=O)[O-])cc(-c2ccnn2C)n1. The number of nitrogens with zero attached hydrogens (tertiary/aromatic N) is 4. The summed E-state index contributed by atoms with van der Waals surface area (Å²) in [6.07, 6.45) is 1.62. The highest BCUT2D eigenvalue weighted by Crippen LogP contribution is 2.24. The molecule has 2 aromatic rings. The molecule has 0 atom stereocenters. The summed E-state index contributed by atoms with van der Waals surface area (Å²) in [6, 6.07) is 4.57. The van der Waals surface area contributed by atoms with Crippen LogP contribution in [-0.4, -0.2) is 26.7 Å². The van der Waals surface area contributed by atoms with E-state index in [0.717, 1.165) is 5.69 Å². The van der Waals surface area contributed by atoms with Crippen molar-refractivity contribution in [1.82, 2.24) is 14.8 Å². The molecule has 1 N–H and O–H groups in total. The monoisotopic (exact) mass is 233 g/mol. The highest BCUT2D eigenvalue weighted by Gasteiger charge is 2.13. The zero-order valence-electron chi connectivity index (χ0n) is 9.41. The van der Waals surface area contributed by atoms with E-state index in [-0.39, 0.29) is 5.69 Å². The van der Waals surface area contributed by atoms with Crippen molar-refractivity contribution in [2.24, 2.45) is 7.05 Å². The minimum Gasteiger partial charge on any atom is -0.373 e. The molecular weight excluding hydrogens is 222 g/mol. The molecule has 0 aliphatic carbocycles. The van der Waals surface area contributed by atoms with Crippen LogP contribution in [0, 0.1) is 10.1 Å². The van der Waals surface area contributed by atoms with Crippen LogP contribution in [0.3, 0.4) is 0 Å². The standard InChI is InChI=1S/C10H11N5O2/c1-11-10-6-7(15(16)17)5-8(13-10)9-3-4-12-14(9)2/h3-6H,1-2H3,(H,11,13). The summed E-state index contributed by atoms with van der Waals surface area (Å²) >= 11 is 0. The molecule has 0 bridgehead atoms. The first-order valence-corrected chi connectivity index (χ1v) is 4.94. The maximum Gasteiger partial charge on any atom is 0.275 e. The van der Waals surface area contributed by atoms with Crippen molar-refractivity contribution in [3.63, 3.8) is 0 Å². The van der Waals surface area contributed by atoms with Crippen LogP contribution < -0.4 is 5.32 Å². The lowest BCUT2D eigenvalue weighted by atomic mass is 10.2. The van der Waals surface area contributed by atoms with E-state index in [1.54, 1.807) is 31.0 Å². The number of aromatic nitrogens is 3. The molecule has 88 valence electrons. The first-order chi connectivity index (χ1) is 8.11. The van der Waals surface area contributed by atoms with Gasteiger partial charge in [0.1, 0.15) is 5.82 Å². The fourth-order valence-corrected chi connectivity index (χ4v) is 1.51. The molecule has 17 heavy (non-hydrogen) atoms. The Labute approximate surface area is 97.2 Å². The lowest BCUT2D eigenvalue weighted by Crippen LogP contribution is -2.00. The lowest BCUT2D eigenvalue weighted by molar-refractivity contribution is -0.384. The van der Waals surface area contributed by atoms with Crippen LogP contribution in [0.5, 0.6) is 0 Å². The molecule has 0 radical (unpaired) electrons. The van der Waals surface area contributed by atoms with Gasteiger partial charge in [0.15, 0.2) is 0 Å². The Bertz CT molecular complexity index is 564. The second-order valence-corrected chi connectivity index (χ2v) is 3.44. The quantitative estimate of drug-likeness (QED) is 0.640. The molecule has 2 aromatic heterocycles. The third-order valence-corrected chi connectivity index (χ3v) is 2.36. The van der Waals surface area contributed by atoms with Crippen molar-refractivity contribution in [3.8, 4) is 11.4 Å². The summed E-state index contributed by atoms with van der Waals surface area (Å²) in [6.45, 7) is 0. The number of hydrogen-bond donors (Lipinski definition) is 1. The van der Waals surface area contributed by atoms with Gasteiger partial charge in [0.05, 0.1) is 22.4 Å². The number of nitrogens with one attached hydrogen (secondary N) is 1. The van der Waals surface area contributed by atoms with Crippen LogP contribution in [0.15, 0.2) is 24.4 Å². The summed E-state index contributed by atoms with van der Waals surface area (Å²) in [5.41, 5.74) is 1.24. The summed E-state index contributed by atoms with van der Waals surface area (Å²) in [5.74, 6) is 0.454. The number of rotatable bonds is 3. The number of pyridine rings is 1. The number of anilines is 1. The van der Waals surface area contributed by atoms with E-state index in [4.69, 9.17) is 0 Å². The molecule has 0 aromatic carbocycles. The topological polar surface area (TPSA) is 85.9 Å². The largest absolute Gasteiger partial charge is 0.373 e. The molecule has 7 heteroatoms. The number of hydrogen-bond acceptors (Lipinski definition) is 5. The zero-order chi connectivity index (χ0) is 12.4. The maximum atomic E-state index is 10.8. The van der Waals surface area contributed by atoms with Crippen LogP contribution >= 0.6 is 0 Å². The summed E-state index contributed by atoms with van der Waals surface area (Å²) in [7, 11) is 3.42. The Kier molecular flexibility index (Phi) is 2.73. The second-order valence-electron chi connectivity index (χ2n) is 3.44. The molecule has 0 saturated heterocycles. The minimum atomic E-state index is -0.442. The third-order valence-electron chi connectivity index (χ3n) is 2.36. The molecule has 2 heterocycles. The fraction of sp³-hybridized carbons (Fsp3) is 0.200. The van der Waals surface area contributed by atoms with Gasteiger partial charge in [-0.25, -0.2) is 4.98 Å². The zero-order valence-corrected chi connectivity index (χ0v) is 9.41. The van der Waals surface area contributed by atoms with Gasteiger partial charge in [-0.3, -0.25) is 14.8 Å². The summed E-state index contributed by atoms with van der Waals surface area (Å²) in [5, 5.41) is 17.6. The molecule has 0 spiro atoms. The van der Waals surface area contributed by atoms with Crippen molar-refractivity contribution in [3.05, 3.63) is 34.5 Å². The van der Waals surface area contributed by atoms with E-state index in [1.165, 1.54) is 12.1 Å². The van der Waals surface area contributed by atoms with Gasteiger partial charge in [-0.05, 0) is 6.07 Å². The summed E-state index contributed by atoms with van der Waals surface area (Å²) in [4.78, 5) is 14.6. The van der Waals surface area contributed by atoms with E-state index < -0.39 is 4.92 Å². The number of aryl methyl sites for hydroxylation is 1. The van der Waals surface area contributed by atoms with Crippen LogP contribution in [0.25, 0.3) is 11.4 Å². The molecule has 2 rings (SSSR count). The smallest absolute Gasteiger partial charge is 0.275 e. The van der Waals surface area contributed by atoms with Crippen LogP contribution in [0.1, 0.15) is 0 Å². The average Bonchev–Trinajstić information content (AvgIpc) is 2.74. The molecule has 0 amide bonds. The predicted molar refractivity (Wildman–Crippen MR) is 62.6 cm³/mol. The predicted octanol–water partition coefficient (Wildman–Crippen LogP) is 1.43. The first kappa shape index (κ1) is 11.1. The Morgan fingerprint density at radius 3 is 2.76 bits per heavy atom. The van der Waals surface area contributed by atoms with E-state index in [0.29, 0.717) is 11.5 Å². The van der Waals surface area contributed by atoms with Crippen molar-refractivity contribution < 1.29 is 4.92 Å². The van der Waals surface area contributed by atoms with Gasteiger partial charge in [0.25, 0.3) is 5.69 Å². The van der Waals surface area contributed by atoms with Gasteiger partial charge >= 0.3 is 0 Å². The molecule has 0 saturated carbocycles. The van der Waals surface area contributed by atoms with Gasteiger partial charge in [-0.1, -0.05) is 0 Å². The van der Waals surface area contributed by atoms with Gasteiger partial charge in [-0.2, -0.15) is 5.10 Å². The van der Waals surface area contributed by atoms with Crippen molar-refractivity contribution >= 4 is 11.5 Å². The highest BCUT2D eigenvalue weighted by atomic mass is 16.6. The van der Waals surface area contributed by atoms with Crippen LogP contribution in [-0.2, 0) is 7.05 Å². The maximum absolute atomic E-state index is 10.8. The Hall–Kier alpha value is -2.44. The molecule has 0 fully saturated rings. The Balaban J connectivity index is 2.58. The Morgan fingerprint density at radius 1 is 1.47 bits per heavy atom. The summed E-state index contributed by atoms with van der Waals surface area (Å²) < 4.78 is 1.62. The minimum absolute atomic E-state index is 0.000509. The normalized spacial score (nSPS) is 10.2. The van der Waals surface area contributed by atoms with Crippen molar-refractivity contribution in [2.45, 2.75) is 0 Å². The van der Waals surface area contributed by atoms with E-state index >= 15 is 0 Å². The van der Waals surface area contributed by atoms with Crippen molar-refractivity contribution in [1.29, 1.82) is 0 Å². The fourth-order valence-electron chi connectivity index (χ4n) is 1.51. The van der Waals surface area contributed by atoms with Gasteiger partial charge < -0.3 is 5.32 Å². The van der Waals surface area contributed by atoms with E-state index in [9.17, 15) is 10.1 Å². The van der Waals surface area contributed by atoms with Crippen LogP contribution in [0.2, 0.25) is 0 Å². The van der Waals surface area contributed by atoms with E-state index in [2.05, 4.69) is 15.4 Å². The van der Waals surface area contributed by atoms with Gasteiger partial charge in [0.2, 0.25) is 0 Å². The first-order valence-electron chi connectivity index (χ1n) is 4.94. The molecule has 0 unspecified atom stereocenters. The van der Waals surface area contributed by atoms with Gasteiger partial charge in [0, 0.05) is 26.4 Å². The van der Waals surface area contributed by atoms with Gasteiger partial charge in [-0.15, -0.1) is 0 Å². The second kappa shape index (κ2) is 4.20. The van der Waals surface area contributed by atoms with Crippen molar-refractivity contribution in [2.75, 3.05) is 12.4 Å². The molecule has 0 aliphatic heterocycles. The molecule has 7 nitrogen and oxygen atoms in total. The number of nitro groups is 1. The van der Waals surface area contributed by atoms with E-state index in [1.807, 2.05) is 0 Å². The van der Waals surface area contributed by atoms with Crippen LogP contribution in [0.4, 0.5) is 11.5 Å².